The van der Waals surface area contributed by atoms with Gasteiger partial charge in [0.15, 0.2) is 0 Å². The molecule has 0 bridgehead atoms. The van der Waals surface area contributed by atoms with Crippen LogP contribution in [-0.4, -0.2) is 27.7 Å². The maximum Gasteiger partial charge on any atom is 0.407 e. The van der Waals surface area contributed by atoms with Gasteiger partial charge in [-0.3, -0.25) is 4.90 Å². The molecule has 1 aromatic heterocycles. The number of halogens is 3. The number of carbonyl (C=O) groups is 1. The molecule has 0 atom stereocenters. The van der Waals surface area contributed by atoms with Crippen molar-refractivity contribution in [1.82, 2.24) is 9.88 Å². The van der Waals surface area contributed by atoms with Gasteiger partial charge in [0.1, 0.15) is 5.02 Å². The molecular formula is C10H9ClF2N2O3. The molecule has 0 radical (unpaired) electrons. The van der Waals surface area contributed by atoms with Gasteiger partial charge >= 0.3 is 12.7 Å². The van der Waals surface area contributed by atoms with Gasteiger partial charge in [0.25, 0.3) is 0 Å². The Morgan fingerprint density at radius 3 is 2.78 bits per heavy atom. The maximum atomic E-state index is 12.2. The fraction of sp³-hybridized carbons (Fsp3) is 0.400. The van der Waals surface area contributed by atoms with Crippen LogP contribution in [0, 0.1) is 6.92 Å². The first-order valence-electron chi connectivity index (χ1n) is 5.00. The van der Waals surface area contributed by atoms with Gasteiger partial charge in [-0.2, -0.15) is 8.78 Å². The summed E-state index contributed by atoms with van der Waals surface area (Å²) in [5.41, 5.74) is 1.56. The molecule has 2 heterocycles. The number of ether oxygens (including phenoxy) is 1. The summed E-state index contributed by atoms with van der Waals surface area (Å²) in [5.74, 6) is -0.366. The number of carboxylic acid groups (broad SMARTS) is 1. The van der Waals surface area contributed by atoms with Crippen molar-refractivity contribution in [1.29, 1.82) is 0 Å². The summed E-state index contributed by atoms with van der Waals surface area (Å²) < 4.78 is 28.5. The van der Waals surface area contributed by atoms with Crippen LogP contribution in [0.15, 0.2) is 0 Å². The number of alkyl halides is 2. The largest absolute Gasteiger partial charge is 0.465 e. The van der Waals surface area contributed by atoms with Gasteiger partial charge in [-0.15, -0.1) is 0 Å². The Kier molecular flexibility index (Phi) is 3.25. The van der Waals surface area contributed by atoms with E-state index in [0.717, 1.165) is 4.90 Å². The van der Waals surface area contributed by atoms with Crippen molar-refractivity contribution in [3.05, 3.63) is 21.8 Å². The molecular weight excluding hydrogens is 270 g/mol. The first-order valence-corrected chi connectivity index (χ1v) is 5.38. The minimum atomic E-state index is -3.02. The minimum absolute atomic E-state index is 0.0127. The molecule has 0 spiro atoms. The highest BCUT2D eigenvalue weighted by Crippen LogP contribution is 2.35. The molecule has 1 aliphatic heterocycles. The van der Waals surface area contributed by atoms with E-state index in [9.17, 15) is 13.6 Å². The topological polar surface area (TPSA) is 62.7 Å². The molecule has 1 amide bonds. The Labute approximate surface area is 106 Å². The van der Waals surface area contributed by atoms with E-state index in [4.69, 9.17) is 16.7 Å². The third-order valence-corrected chi connectivity index (χ3v) is 3.16. The normalized spacial score (nSPS) is 13.9. The first kappa shape index (κ1) is 12.8. The second-order valence-electron chi connectivity index (χ2n) is 3.80. The number of amides is 1. The van der Waals surface area contributed by atoms with Crippen LogP contribution in [0.4, 0.5) is 13.6 Å². The van der Waals surface area contributed by atoms with Crippen molar-refractivity contribution in [2.45, 2.75) is 26.6 Å². The highest BCUT2D eigenvalue weighted by molar-refractivity contribution is 6.32. The fourth-order valence-electron chi connectivity index (χ4n) is 1.81. The van der Waals surface area contributed by atoms with E-state index in [2.05, 4.69) is 9.72 Å². The molecule has 1 aromatic rings. The molecule has 8 heteroatoms. The van der Waals surface area contributed by atoms with Crippen LogP contribution in [0.5, 0.6) is 5.88 Å². The van der Waals surface area contributed by atoms with Gasteiger partial charge in [-0.05, 0) is 18.1 Å². The van der Waals surface area contributed by atoms with Crippen LogP contribution < -0.4 is 4.74 Å². The molecule has 0 saturated carbocycles. The summed E-state index contributed by atoms with van der Waals surface area (Å²) >= 11 is 5.86. The standard InChI is InChI=1S/C10H9ClF2N2O3/c1-4-5-2-15(10(16)17)3-6(5)14-8(7(4)11)18-9(12)13/h9H,2-3H2,1H3,(H,16,17). The SMILES string of the molecule is Cc1c(Cl)c(OC(F)F)nc2c1CN(C(=O)O)C2. The summed E-state index contributed by atoms with van der Waals surface area (Å²) in [5, 5.41) is 8.86. The van der Waals surface area contributed by atoms with E-state index in [1.165, 1.54) is 0 Å². The summed E-state index contributed by atoms with van der Waals surface area (Å²) in [6.07, 6.45) is -1.10. The monoisotopic (exact) mass is 278 g/mol. The van der Waals surface area contributed by atoms with Crippen molar-refractivity contribution < 1.29 is 23.4 Å². The van der Waals surface area contributed by atoms with Gasteiger partial charge < -0.3 is 9.84 Å². The van der Waals surface area contributed by atoms with Crippen LogP contribution in [0.1, 0.15) is 16.8 Å². The Morgan fingerprint density at radius 2 is 2.22 bits per heavy atom. The van der Waals surface area contributed by atoms with Gasteiger partial charge in [0.2, 0.25) is 5.88 Å². The fourth-order valence-corrected chi connectivity index (χ4v) is 2.02. The molecule has 0 fully saturated rings. The number of fused-ring (bicyclic) bond motifs is 1. The lowest BCUT2D eigenvalue weighted by Crippen LogP contribution is -2.22. The molecule has 1 aliphatic rings. The van der Waals surface area contributed by atoms with Gasteiger partial charge in [-0.25, -0.2) is 9.78 Å². The van der Waals surface area contributed by atoms with Crippen LogP contribution in [0.25, 0.3) is 0 Å². The number of pyridine rings is 1. The third-order valence-electron chi connectivity index (χ3n) is 2.72. The minimum Gasteiger partial charge on any atom is -0.465 e. The van der Waals surface area contributed by atoms with E-state index < -0.39 is 12.7 Å². The quantitative estimate of drug-likeness (QED) is 0.903. The first-order chi connectivity index (χ1) is 8.40. The predicted octanol–water partition coefficient (Wildman–Crippen LogP) is 2.64. The molecule has 98 valence electrons. The van der Waals surface area contributed by atoms with Gasteiger partial charge in [0.05, 0.1) is 18.8 Å². The Bertz CT molecular complexity index is 510. The number of hydrogen-bond donors (Lipinski definition) is 1. The molecule has 0 aliphatic carbocycles. The molecule has 2 rings (SSSR count). The molecule has 0 saturated heterocycles. The number of hydrogen-bond acceptors (Lipinski definition) is 3. The molecule has 1 N–H and O–H groups in total. The van der Waals surface area contributed by atoms with Crippen LogP contribution in [0.2, 0.25) is 5.02 Å². The number of rotatable bonds is 2. The zero-order chi connectivity index (χ0) is 13.4. The zero-order valence-electron chi connectivity index (χ0n) is 9.28. The van der Waals surface area contributed by atoms with E-state index in [1.54, 1.807) is 6.92 Å². The summed E-state index contributed by atoms with van der Waals surface area (Å²) in [6, 6.07) is 0. The Morgan fingerprint density at radius 1 is 1.56 bits per heavy atom. The lowest BCUT2D eigenvalue weighted by atomic mass is 10.1. The van der Waals surface area contributed by atoms with Crippen molar-refractivity contribution in [3.8, 4) is 5.88 Å². The van der Waals surface area contributed by atoms with Crippen molar-refractivity contribution in [2.75, 3.05) is 0 Å². The molecule has 18 heavy (non-hydrogen) atoms. The molecule has 0 aromatic carbocycles. The summed E-state index contributed by atoms with van der Waals surface area (Å²) in [4.78, 5) is 15.8. The second kappa shape index (κ2) is 4.56. The van der Waals surface area contributed by atoms with Crippen LogP contribution in [-0.2, 0) is 13.1 Å². The average Bonchev–Trinajstić information content (AvgIpc) is 2.69. The lowest BCUT2D eigenvalue weighted by Gasteiger charge is -2.10. The Hall–Kier alpha value is -1.63. The van der Waals surface area contributed by atoms with E-state index >= 15 is 0 Å². The van der Waals surface area contributed by atoms with Gasteiger partial charge in [-0.1, -0.05) is 11.6 Å². The lowest BCUT2D eigenvalue weighted by molar-refractivity contribution is -0.0529. The van der Waals surface area contributed by atoms with Crippen molar-refractivity contribution >= 4 is 17.7 Å². The third kappa shape index (κ3) is 2.17. The maximum absolute atomic E-state index is 12.2. The van der Waals surface area contributed by atoms with Gasteiger partial charge in [0, 0.05) is 0 Å². The number of aromatic nitrogens is 1. The highest BCUT2D eigenvalue weighted by atomic mass is 35.5. The Balaban J connectivity index is 2.39. The zero-order valence-corrected chi connectivity index (χ0v) is 10.0. The van der Waals surface area contributed by atoms with E-state index in [0.29, 0.717) is 16.8 Å². The van der Waals surface area contributed by atoms with Crippen LogP contribution >= 0.6 is 11.6 Å². The highest BCUT2D eigenvalue weighted by Gasteiger charge is 2.29. The van der Waals surface area contributed by atoms with Crippen molar-refractivity contribution in [3.63, 3.8) is 0 Å². The molecule has 0 unspecified atom stereocenters. The van der Waals surface area contributed by atoms with Crippen LogP contribution in [0.3, 0.4) is 0 Å². The molecule has 5 nitrogen and oxygen atoms in total. The van der Waals surface area contributed by atoms with Crippen molar-refractivity contribution in [2.24, 2.45) is 0 Å². The van der Waals surface area contributed by atoms with E-state index in [1.807, 2.05) is 0 Å². The number of nitrogens with zero attached hydrogens (tertiary/aromatic N) is 2. The smallest absolute Gasteiger partial charge is 0.407 e. The summed E-state index contributed by atoms with van der Waals surface area (Å²) in [7, 11) is 0. The average molecular weight is 279 g/mol. The van der Waals surface area contributed by atoms with E-state index in [-0.39, 0.29) is 24.0 Å². The second-order valence-corrected chi connectivity index (χ2v) is 4.18. The predicted molar refractivity (Wildman–Crippen MR) is 57.9 cm³/mol. The summed E-state index contributed by atoms with van der Waals surface area (Å²) in [6.45, 7) is -1.21.